The molecule has 1 aromatic rings. The smallest absolute Gasteiger partial charge is 0.239 e. The summed E-state index contributed by atoms with van der Waals surface area (Å²) in [7, 11) is 0. The van der Waals surface area contributed by atoms with Crippen LogP contribution in [0, 0.1) is 0 Å². The highest BCUT2D eigenvalue weighted by Crippen LogP contribution is 2.26. The van der Waals surface area contributed by atoms with Gasteiger partial charge < -0.3 is 15.2 Å². The maximum atomic E-state index is 11.9. The van der Waals surface area contributed by atoms with Crippen LogP contribution < -0.4 is 5.73 Å². The molecule has 5 nitrogen and oxygen atoms in total. The van der Waals surface area contributed by atoms with Crippen molar-refractivity contribution >= 4 is 29.9 Å². The molecule has 2 heterocycles. The number of hydrogen-bond donors (Lipinski definition) is 1. The Kier molecular flexibility index (Phi) is 8.61. The molecule has 2 aliphatic rings. The average Bonchev–Trinajstić information content (AvgIpc) is 2.63. The Morgan fingerprint density at radius 1 is 1.20 bits per heavy atom. The van der Waals surface area contributed by atoms with Crippen LogP contribution >= 0.6 is 24.0 Å². The summed E-state index contributed by atoms with van der Waals surface area (Å²) in [6.45, 7) is 3.23. The van der Waals surface area contributed by atoms with E-state index in [0.29, 0.717) is 6.61 Å². The van der Waals surface area contributed by atoms with E-state index in [1.807, 2.05) is 30.3 Å². The van der Waals surface area contributed by atoms with E-state index in [9.17, 15) is 4.79 Å². The lowest BCUT2D eigenvalue weighted by Gasteiger charge is -2.36. The van der Waals surface area contributed by atoms with E-state index >= 15 is 0 Å². The van der Waals surface area contributed by atoms with Crippen LogP contribution in [0.15, 0.2) is 30.3 Å². The normalized spacial score (nSPS) is 23.6. The van der Waals surface area contributed by atoms with Crippen LogP contribution in [0.2, 0.25) is 0 Å². The van der Waals surface area contributed by atoms with Gasteiger partial charge in [-0.1, -0.05) is 30.3 Å². The number of amides is 1. The number of nitrogens with two attached hydrogens (primary N) is 1. The molecule has 6 heteroatoms. The Labute approximate surface area is 167 Å². The predicted molar refractivity (Wildman–Crippen MR) is 108 cm³/mol. The fourth-order valence-electron chi connectivity index (χ4n) is 3.67. The summed E-state index contributed by atoms with van der Waals surface area (Å²) in [6.07, 6.45) is 5.91. The van der Waals surface area contributed by atoms with Gasteiger partial charge >= 0.3 is 0 Å². The highest BCUT2D eigenvalue weighted by molar-refractivity contribution is 14.0. The number of rotatable bonds is 6. The molecule has 0 spiro atoms. The molecule has 0 bridgehead atoms. The van der Waals surface area contributed by atoms with Gasteiger partial charge in [0.1, 0.15) is 6.04 Å². The number of piperidine rings is 1. The monoisotopic (exact) mass is 460 g/mol. The van der Waals surface area contributed by atoms with E-state index < -0.39 is 0 Å². The largest absolute Gasteiger partial charge is 0.376 e. The second kappa shape index (κ2) is 10.4. The van der Waals surface area contributed by atoms with Crippen LogP contribution in [-0.4, -0.2) is 49.3 Å². The van der Waals surface area contributed by atoms with Crippen molar-refractivity contribution in [1.82, 2.24) is 4.90 Å². The maximum Gasteiger partial charge on any atom is 0.239 e. The van der Waals surface area contributed by atoms with Crippen molar-refractivity contribution < 1.29 is 14.3 Å². The zero-order valence-corrected chi connectivity index (χ0v) is 17.0. The van der Waals surface area contributed by atoms with Gasteiger partial charge in [0, 0.05) is 19.7 Å². The first-order valence-corrected chi connectivity index (χ1v) is 9.05. The molecule has 2 atom stereocenters. The summed E-state index contributed by atoms with van der Waals surface area (Å²) in [6, 6.07) is 9.46. The molecule has 0 radical (unpaired) electrons. The lowest BCUT2D eigenvalue weighted by molar-refractivity contribution is -0.125. The first-order chi connectivity index (χ1) is 11.7. The molecular formula is C19H29IN2O3. The summed E-state index contributed by atoms with van der Waals surface area (Å²) in [5.41, 5.74) is 6.63. The second-order valence-electron chi connectivity index (χ2n) is 6.77. The minimum absolute atomic E-state index is 0. The van der Waals surface area contributed by atoms with Gasteiger partial charge in [0.05, 0.1) is 18.8 Å². The van der Waals surface area contributed by atoms with E-state index in [2.05, 4.69) is 4.90 Å². The zero-order chi connectivity index (χ0) is 16.8. The topological polar surface area (TPSA) is 64.8 Å². The summed E-state index contributed by atoms with van der Waals surface area (Å²) >= 11 is 0. The quantitative estimate of drug-likeness (QED) is 0.664. The Bertz CT molecular complexity index is 515. The molecule has 0 aromatic heterocycles. The first kappa shape index (κ1) is 20.6. The van der Waals surface area contributed by atoms with Gasteiger partial charge in [-0.15, -0.1) is 24.0 Å². The number of nitrogens with zero attached hydrogens (tertiary/aromatic N) is 1. The van der Waals surface area contributed by atoms with E-state index in [-0.39, 0.29) is 48.1 Å². The number of benzene rings is 1. The molecule has 1 aromatic carbocycles. The minimum atomic E-state index is -0.339. The number of halogens is 1. The molecular weight excluding hydrogens is 431 g/mol. The van der Waals surface area contributed by atoms with Crippen molar-refractivity contribution in [2.45, 2.75) is 50.4 Å². The fourth-order valence-corrected chi connectivity index (χ4v) is 3.67. The Hall–Kier alpha value is -0.700. The molecule has 2 N–H and O–H groups in total. The number of carbonyl (C=O) groups excluding carboxylic acids is 1. The summed E-state index contributed by atoms with van der Waals surface area (Å²) in [5, 5.41) is 0. The van der Waals surface area contributed by atoms with Crippen molar-refractivity contribution in [3.8, 4) is 0 Å². The number of primary amides is 1. The third-order valence-electron chi connectivity index (χ3n) is 5.02. The van der Waals surface area contributed by atoms with E-state index in [1.165, 1.54) is 12.8 Å². The van der Waals surface area contributed by atoms with Gasteiger partial charge in [-0.3, -0.25) is 9.69 Å². The standard InChI is InChI=1S/C19H28N2O3.HI/c20-19(22)18(15-6-2-1-3-7-15)21-11-9-16(10-12-21)24-14-17-8-4-5-13-23-17;/h1-3,6-7,16-18H,4-5,8-14H2,(H2,20,22);1H. The summed E-state index contributed by atoms with van der Waals surface area (Å²) < 4.78 is 11.8. The van der Waals surface area contributed by atoms with Gasteiger partial charge in [-0.2, -0.15) is 0 Å². The van der Waals surface area contributed by atoms with Crippen molar-refractivity contribution in [3.63, 3.8) is 0 Å². The number of ether oxygens (including phenoxy) is 2. The molecule has 2 fully saturated rings. The Morgan fingerprint density at radius 3 is 2.52 bits per heavy atom. The van der Waals surface area contributed by atoms with Crippen molar-refractivity contribution in [1.29, 1.82) is 0 Å². The third-order valence-corrected chi connectivity index (χ3v) is 5.02. The Morgan fingerprint density at radius 2 is 1.92 bits per heavy atom. The van der Waals surface area contributed by atoms with Gasteiger partial charge in [-0.05, 0) is 37.7 Å². The predicted octanol–water partition coefficient (Wildman–Crippen LogP) is 2.88. The van der Waals surface area contributed by atoms with Crippen molar-refractivity contribution in [3.05, 3.63) is 35.9 Å². The molecule has 3 rings (SSSR count). The second-order valence-corrected chi connectivity index (χ2v) is 6.77. The molecule has 140 valence electrons. The van der Waals surface area contributed by atoms with Crippen molar-refractivity contribution in [2.24, 2.45) is 5.73 Å². The lowest BCUT2D eigenvalue weighted by atomic mass is 10.00. The van der Waals surface area contributed by atoms with Gasteiger partial charge in [0.2, 0.25) is 5.91 Å². The van der Waals surface area contributed by atoms with Crippen LogP contribution in [-0.2, 0) is 14.3 Å². The molecule has 25 heavy (non-hydrogen) atoms. The first-order valence-electron chi connectivity index (χ1n) is 9.05. The van der Waals surface area contributed by atoms with Crippen LogP contribution in [0.25, 0.3) is 0 Å². The van der Waals surface area contributed by atoms with Crippen molar-refractivity contribution in [2.75, 3.05) is 26.3 Å². The third kappa shape index (κ3) is 5.91. The lowest BCUT2D eigenvalue weighted by Crippen LogP contribution is -2.44. The van der Waals surface area contributed by atoms with E-state index in [4.69, 9.17) is 15.2 Å². The molecule has 0 aliphatic carbocycles. The summed E-state index contributed by atoms with van der Waals surface area (Å²) in [4.78, 5) is 14.1. The van der Waals surface area contributed by atoms with Gasteiger partial charge in [-0.25, -0.2) is 0 Å². The van der Waals surface area contributed by atoms with Crippen LogP contribution in [0.4, 0.5) is 0 Å². The average molecular weight is 460 g/mol. The highest BCUT2D eigenvalue weighted by Gasteiger charge is 2.30. The Balaban J connectivity index is 0.00000225. The highest BCUT2D eigenvalue weighted by atomic mass is 127. The number of likely N-dealkylation sites (tertiary alicyclic amines) is 1. The number of hydrogen-bond acceptors (Lipinski definition) is 4. The maximum absolute atomic E-state index is 11.9. The summed E-state index contributed by atoms with van der Waals surface area (Å²) in [5.74, 6) is -0.281. The SMILES string of the molecule is I.NC(=O)C(c1ccccc1)N1CCC(OCC2CCCCO2)CC1. The van der Waals surface area contributed by atoms with E-state index in [1.54, 1.807) is 0 Å². The van der Waals surface area contributed by atoms with E-state index in [0.717, 1.165) is 44.5 Å². The molecule has 2 aliphatic heterocycles. The molecule has 0 saturated carbocycles. The molecule has 2 unspecified atom stereocenters. The van der Waals surface area contributed by atoms with Crippen LogP contribution in [0.5, 0.6) is 0 Å². The minimum Gasteiger partial charge on any atom is -0.376 e. The molecule has 1 amide bonds. The number of carbonyl (C=O) groups is 1. The van der Waals surface area contributed by atoms with Gasteiger partial charge in [0.25, 0.3) is 0 Å². The van der Waals surface area contributed by atoms with Gasteiger partial charge in [0.15, 0.2) is 0 Å². The fraction of sp³-hybridized carbons (Fsp3) is 0.632. The van der Waals surface area contributed by atoms with Crippen LogP contribution in [0.3, 0.4) is 0 Å². The van der Waals surface area contributed by atoms with Crippen LogP contribution in [0.1, 0.15) is 43.7 Å². The zero-order valence-electron chi connectivity index (χ0n) is 14.6. The molecule has 2 saturated heterocycles.